The van der Waals surface area contributed by atoms with Crippen molar-refractivity contribution in [2.24, 2.45) is 10.7 Å². The average molecular weight is 473 g/mol. The van der Waals surface area contributed by atoms with Crippen LogP contribution in [0.15, 0.2) is 71.7 Å². The molecule has 0 aromatic heterocycles. The number of nitrogens with one attached hydrogen (secondary N) is 1. The molecule has 4 rings (SSSR count). The lowest BCUT2D eigenvalue weighted by Gasteiger charge is -2.20. The van der Waals surface area contributed by atoms with Crippen LogP contribution in [0.5, 0.6) is 11.5 Å². The topological polar surface area (TPSA) is 106 Å². The molecule has 3 aromatic rings. The van der Waals surface area contributed by atoms with Crippen molar-refractivity contribution >= 4 is 34.6 Å². The Morgan fingerprint density at radius 1 is 1.03 bits per heavy atom. The monoisotopic (exact) mass is 472 g/mol. The molecule has 0 saturated heterocycles. The maximum atomic E-state index is 13.2. The van der Waals surface area contributed by atoms with E-state index in [1.165, 1.54) is 6.92 Å². The van der Waals surface area contributed by atoms with E-state index in [0.717, 1.165) is 16.8 Å². The van der Waals surface area contributed by atoms with Gasteiger partial charge in [0.25, 0.3) is 0 Å². The van der Waals surface area contributed by atoms with Gasteiger partial charge in [0, 0.05) is 37.5 Å². The van der Waals surface area contributed by atoms with Gasteiger partial charge in [0.1, 0.15) is 5.92 Å². The minimum absolute atomic E-state index is 0.0831. The average Bonchev–Trinajstić information content (AvgIpc) is 3.20. The fourth-order valence-corrected chi connectivity index (χ4v) is 4.21. The van der Waals surface area contributed by atoms with Gasteiger partial charge in [0.2, 0.25) is 11.8 Å². The summed E-state index contributed by atoms with van der Waals surface area (Å²) in [5.74, 6) is 0.167. The molecular formula is C27H28N4O4. The summed E-state index contributed by atoms with van der Waals surface area (Å²) in [6.45, 7) is 2.30. The van der Waals surface area contributed by atoms with Crippen LogP contribution in [0.25, 0.3) is 0 Å². The normalized spacial score (nSPS) is 14.8. The smallest absolute Gasteiger partial charge is 0.238 e. The Kier molecular flexibility index (Phi) is 7.12. The van der Waals surface area contributed by atoms with Gasteiger partial charge in [-0.3, -0.25) is 14.6 Å². The number of hydrogen-bond donors (Lipinski definition) is 2. The van der Waals surface area contributed by atoms with Gasteiger partial charge in [-0.1, -0.05) is 30.3 Å². The minimum Gasteiger partial charge on any atom is -0.493 e. The number of aliphatic imine (C=N–C) groups is 1. The van der Waals surface area contributed by atoms with E-state index in [1.807, 2.05) is 60.7 Å². The van der Waals surface area contributed by atoms with Crippen LogP contribution in [0, 0.1) is 0 Å². The van der Waals surface area contributed by atoms with Crippen molar-refractivity contribution in [3.8, 4) is 11.5 Å². The third kappa shape index (κ3) is 4.88. The van der Waals surface area contributed by atoms with E-state index >= 15 is 0 Å². The molecule has 35 heavy (non-hydrogen) atoms. The number of nitrogens with zero attached hydrogens (tertiary/aromatic N) is 2. The van der Waals surface area contributed by atoms with Crippen molar-refractivity contribution in [3.63, 3.8) is 0 Å². The first-order valence-electron chi connectivity index (χ1n) is 11.3. The molecule has 1 atom stereocenters. The maximum Gasteiger partial charge on any atom is 0.238 e. The maximum absolute atomic E-state index is 13.2. The van der Waals surface area contributed by atoms with E-state index in [0.29, 0.717) is 41.7 Å². The van der Waals surface area contributed by atoms with Crippen molar-refractivity contribution in [1.82, 2.24) is 0 Å². The fraction of sp³-hybridized carbons (Fsp3) is 0.222. The van der Waals surface area contributed by atoms with Crippen LogP contribution >= 0.6 is 0 Å². The second kappa shape index (κ2) is 10.4. The van der Waals surface area contributed by atoms with Crippen LogP contribution in [0.1, 0.15) is 24.0 Å². The number of nitrogens with two attached hydrogens (primary N) is 1. The lowest BCUT2D eigenvalue weighted by atomic mass is 9.90. The molecule has 0 bridgehead atoms. The molecule has 0 spiro atoms. The van der Waals surface area contributed by atoms with Gasteiger partial charge in [-0.25, -0.2) is 0 Å². The molecule has 1 unspecified atom stereocenters. The van der Waals surface area contributed by atoms with Crippen LogP contribution in [0.2, 0.25) is 0 Å². The molecule has 1 heterocycles. The van der Waals surface area contributed by atoms with Crippen molar-refractivity contribution in [2.75, 3.05) is 37.5 Å². The van der Waals surface area contributed by atoms with Crippen molar-refractivity contribution < 1.29 is 19.1 Å². The Bertz CT molecular complexity index is 1260. The van der Waals surface area contributed by atoms with Crippen molar-refractivity contribution in [3.05, 3.63) is 77.9 Å². The predicted octanol–water partition coefficient (Wildman–Crippen LogP) is 3.87. The summed E-state index contributed by atoms with van der Waals surface area (Å²) in [4.78, 5) is 31.7. The number of rotatable bonds is 8. The molecule has 0 radical (unpaired) electrons. The van der Waals surface area contributed by atoms with Crippen LogP contribution < -0.4 is 25.4 Å². The van der Waals surface area contributed by atoms with E-state index in [2.05, 4.69) is 5.32 Å². The van der Waals surface area contributed by atoms with Gasteiger partial charge in [-0.05, 0) is 41.5 Å². The van der Waals surface area contributed by atoms with Gasteiger partial charge in [-0.2, -0.15) is 0 Å². The van der Waals surface area contributed by atoms with Gasteiger partial charge in [0.05, 0.1) is 25.6 Å². The summed E-state index contributed by atoms with van der Waals surface area (Å²) >= 11 is 0. The Balaban J connectivity index is 1.79. The van der Waals surface area contributed by atoms with E-state index in [-0.39, 0.29) is 11.8 Å². The van der Waals surface area contributed by atoms with E-state index in [9.17, 15) is 9.59 Å². The van der Waals surface area contributed by atoms with Gasteiger partial charge in [0.15, 0.2) is 11.5 Å². The van der Waals surface area contributed by atoms with Crippen LogP contribution in [-0.2, 0) is 9.59 Å². The molecule has 180 valence electrons. The second-order valence-corrected chi connectivity index (χ2v) is 8.06. The lowest BCUT2D eigenvalue weighted by Crippen LogP contribution is -2.33. The van der Waals surface area contributed by atoms with Crippen molar-refractivity contribution in [1.29, 1.82) is 0 Å². The number of carbonyl (C=O) groups excluding carboxylic acids is 2. The first-order chi connectivity index (χ1) is 17.0. The Morgan fingerprint density at radius 3 is 2.29 bits per heavy atom. The highest BCUT2D eigenvalue weighted by atomic mass is 16.5. The van der Waals surface area contributed by atoms with Crippen LogP contribution in [0.3, 0.4) is 0 Å². The van der Waals surface area contributed by atoms with E-state index < -0.39 is 5.92 Å². The minimum atomic E-state index is -0.641. The molecule has 0 fully saturated rings. The van der Waals surface area contributed by atoms with Gasteiger partial charge < -0.3 is 25.4 Å². The first-order valence-corrected chi connectivity index (χ1v) is 11.3. The van der Waals surface area contributed by atoms with E-state index in [1.54, 1.807) is 25.2 Å². The zero-order chi connectivity index (χ0) is 24.9. The predicted molar refractivity (Wildman–Crippen MR) is 137 cm³/mol. The number of ether oxygens (including phenoxy) is 2. The second-order valence-electron chi connectivity index (χ2n) is 8.06. The zero-order valence-electron chi connectivity index (χ0n) is 19.9. The summed E-state index contributed by atoms with van der Waals surface area (Å²) in [6, 6.07) is 20.5. The van der Waals surface area contributed by atoms with E-state index in [4.69, 9.17) is 20.2 Å². The molecule has 1 aliphatic heterocycles. The summed E-state index contributed by atoms with van der Waals surface area (Å²) < 4.78 is 10.9. The molecule has 1 aliphatic rings. The third-order valence-corrected chi connectivity index (χ3v) is 5.87. The largest absolute Gasteiger partial charge is 0.493 e. The van der Waals surface area contributed by atoms with Gasteiger partial charge >= 0.3 is 0 Å². The standard InChI is InChI=1S/C27H28N4O4/c1-17(32)31(14-13-28)20-11-9-19(10-12-20)29-26(18-7-5-4-6-8-18)25-21-15-23(34-2)24(35-3)16-22(21)30-27(25)33/h4-12,15-16,25H,13-14,28H2,1-3H3,(H,30,33). The van der Waals surface area contributed by atoms with Crippen LogP contribution in [0.4, 0.5) is 17.1 Å². The highest BCUT2D eigenvalue weighted by Gasteiger charge is 2.36. The SMILES string of the molecule is COc1cc2c(cc1OC)C(C(=Nc1ccc(N(CCN)C(C)=O)cc1)c1ccccc1)C(=O)N2. The highest BCUT2D eigenvalue weighted by Crippen LogP contribution is 2.42. The Hall–Kier alpha value is -4.17. The number of fused-ring (bicyclic) bond motifs is 1. The van der Waals surface area contributed by atoms with Crippen LogP contribution in [-0.4, -0.2) is 44.8 Å². The van der Waals surface area contributed by atoms with Gasteiger partial charge in [-0.15, -0.1) is 0 Å². The number of benzene rings is 3. The summed E-state index contributed by atoms with van der Waals surface area (Å²) in [7, 11) is 3.12. The summed E-state index contributed by atoms with van der Waals surface area (Å²) in [5.41, 5.74) is 9.91. The summed E-state index contributed by atoms with van der Waals surface area (Å²) in [6.07, 6.45) is 0. The number of amides is 2. The molecule has 3 aromatic carbocycles. The quantitative estimate of drug-likeness (QED) is 0.484. The molecule has 3 N–H and O–H groups in total. The number of anilines is 2. The Labute approximate surface area is 204 Å². The molecule has 8 heteroatoms. The molecule has 2 amide bonds. The molecule has 0 saturated carbocycles. The Morgan fingerprint density at radius 2 is 1.69 bits per heavy atom. The highest BCUT2D eigenvalue weighted by molar-refractivity contribution is 6.24. The first kappa shape index (κ1) is 24.0. The zero-order valence-corrected chi connectivity index (χ0v) is 19.9. The number of methoxy groups -OCH3 is 2. The molecular weight excluding hydrogens is 444 g/mol. The fourth-order valence-electron chi connectivity index (χ4n) is 4.21. The number of hydrogen-bond acceptors (Lipinski definition) is 6. The lowest BCUT2D eigenvalue weighted by molar-refractivity contribution is -0.117. The third-order valence-electron chi connectivity index (χ3n) is 5.87. The molecule has 8 nitrogen and oxygen atoms in total. The number of carbonyl (C=O) groups is 2. The van der Waals surface area contributed by atoms with Crippen molar-refractivity contribution in [2.45, 2.75) is 12.8 Å². The summed E-state index contributed by atoms with van der Waals surface area (Å²) in [5, 5.41) is 2.95. The molecule has 0 aliphatic carbocycles.